The zero-order valence-electron chi connectivity index (χ0n) is 6.44. The van der Waals surface area contributed by atoms with Crippen LogP contribution in [0.3, 0.4) is 0 Å². The molecule has 1 aliphatic heterocycles. The van der Waals surface area contributed by atoms with E-state index in [1.807, 2.05) is 0 Å². The number of hydrogen-bond donors (Lipinski definition) is 0. The van der Waals surface area contributed by atoms with E-state index in [4.69, 9.17) is 4.74 Å². The first-order valence-corrected chi connectivity index (χ1v) is 3.45. The van der Waals surface area contributed by atoms with Crippen LogP contribution in [0.5, 0.6) is 5.75 Å². The van der Waals surface area contributed by atoms with Gasteiger partial charge in [0, 0.05) is 6.07 Å². The van der Waals surface area contributed by atoms with E-state index in [1.165, 1.54) is 0 Å². The van der Waals surface area contributed by atoms with Crippen molar-refractivity contribution in [3.05, 3.63) is 28.9 Å². The maximum atomic E-state index is 10.7. The topological polar surface area (TPSA) is 51.0 Å². The summed E-state index contributed by atoms with van der Waals surface area (Å²) in [6.45, 7) is 0. The van der Waals surface area contributed by atoms with Crippen LogP contribution in [0.25, 0.3) is 0 Å². The molecule has 0 saturated carbocycles. The van der Waals surface area contributed by atoms with E-state index in [-0.39, 0.29) is 0 Å². The minimum Gasteiger partial charge on any atom is -0.497 e. The Labute approximate surface area is 68.2 Å². The lowest BCUT2D eigenvalue weighted by molar-refractivity contribution is 0.256. The van der Waals surface area contributed by atoms with E-state index >= 15 is 0 Å². The van der Waals surface area contributed by atoms with Gasteiger partial charge in [0.05, 0.1) is 17.8 Å². The van der Waals surface area contributed by atoms with Crippen molar-refractivity contribution in [2.24, 2.45) is 9.98 Å². The number of methoxy groups -OCH3 is 1. The summed E-state index contributed by atoms with van der Waals surface area (Å²) in [7, 11) is 1.57. The molecule has 2 rings (SSSR count). The molecular weight excluding hydrogens is 156 g/mol. The molecule has 0 fully saturated rings. The number of hydrogen-bond acceptors (Lipinski definition) is 2. The van der Waals surface area contributed by atoms with Gasteiger partial charge in [-0.05, 0) is 12.1 Å². The van der Waals surface area contributed by atoms with Crippen LogP contribution < -0.4 is 15.5 Å². The van der Waals surface area contributed by atoms with Gasteiger partial charge in [0.25, 0.3) is 0 Å². The van der Waals surface area contributed by atoms with Crippen LogP contribution in [-0.2, 0) is 0 Å². The highest BCUT2D eigenvalue weighted by molar-refractivity contribution is 5.77. The number of nitrogens with zero attached hydrogens (tertiary/aromatic N) is 2. The Balaban J connectivity index is 2.72. The fourth-order valence-corrected chi connectivity index (χ4v) is 1.05. The number of amides is 2. The van der Waals surface area contributed by atoms with Crippen LogP contribution in [0.4, 0.5) is 4.79 Å². The lowest BCUT2D eigenvalue weighted by Crippen LogP contribution is -2.20. The van der Waals surface area contributed by atoms with Gasteiger partial charge in [0.15, 0.2) is 0 Å². The highest BCUT2D eigenvalue weighted by Crippen LogP contribution is 2.02. The Hall–Kier alpha value is -1.71. The van der Waals surface area contributed by atoms with Gasteiger partial charge in [-0.2, -0.15) is 9.98 Å². The second-order valence-electron chi connectivity index (χ2n) is 2.36. The van der Waals surface area contributed by atoms with Crippen molar-refractivity contribution in [1.82, 2.24) is 0 Å². The molecule has 1 aromatic carbocycles. The van der Waals surface area contributed by atoms with Crippen molar-refractivity contribution >= 4 is 6.03 Å². The molecular formula is C8H6N2O2. The fourth-order valence-electron chi connectivity index (χ4n) is 1.05. The minimum absolute atomic E-state index is 0.446. The predicted octanol–water partition coefficient (Wildman–Crippen LogP) is 0.0680. The van der Waals surface area contributed by atoms with Crippen LogP contribution in [0, 0.1) is 0 Å². The Morgan fingerprint density at radius 2 is 2.00 bits per heavy atom. The van der Waals surface area contributed by atoms with Crippen LogP contribution in [0.15, 0.2) is 28.2 Å². The lowest BCUT2D eigenvalue weighted by Gasteiger charge is -1.94. The molecule has 0 N–H and O–H groups in total. The quantitative estimate of drug-likeness (QED) is 0.586. The van der Waals surface area contributed by atoms with Gasteiger partial charge in [0.1, 0.15) is 5.75 Å². The van der Waals surface area contributed by atoms with Crippen molar-refractivity contribution < 1.29 is 9.53 Å². The summed E-state index contributed by atoms with van der Waals surface area (Å²) in [5.74, 6) is 0.683. The summed E-state index contributed by atoms with van der Waals surface area (Å²) in [5.41, 5.74) is 0. The molecule has 0 atom stereocenters. The number of benzene rings is 1. The first-order valence-electron chi connectivity index (χ1n) is 3.45. The molecule has 4 nitrogen and oxygen atoms in total. The molecule has 0 radical (unpaired) electrons. The van der Waals surface area contributed by atoms with Crippen molar-refractivity contribution in [2.75, 3.05) is 7.11 Å². The third kappa shape index (κ3) is 0.972. The molecule has 0 aliphatic carbocycles. The van der Waals surface area contributed by atoms with Gasteiger partial charge in [-0.25, -0.2) is 4.79 Å². The zero-order chi connectivity index (χ0) is 8.55. The summed E-state index contributed by atoms with van der Waals surface area (Å²) in [4.78, 5) is 18.1. The lowest BCUT2D eigenvalue weighted by atomic mass is 10.3. The highest BCUT2D eigenvalue weighted by Gasteiger charge is 2.04. The Bertz CT molecular complexity index is 451. The van der Waals surface area contributed by atoms with E-state index < -0.39 is 6.03 Å². The maximum absolute atomic E-state index is 10.7. The smallest absolute Gasteiger partial charge is 0.368 e. The van der Waals surface area contributed by atoms with Gasteiger partial charge < -0.3 is 4.74 Å². The van der Waals surface area contributed by atoms with Gasteiger partial charge in [-0.1, -0.05) is 0 Å². The normalized spacial score (nSPS) is 13.2. The SMILES string of the molecule is COc1ccc2c(c1)=NC(=O)N=2. The summed E-state index contributed by atoms with van der Waals surface area (Å²) in [5, 5.41) is 1.19. The van der Waals surface area contributed by atoms with Gasteiger partial charge >= 0.3 is 6.03 Å². The molecule has 1 heterocycles. The van der Waals surface area contributed by atoms with Gasteiger partial charge in [0.2, 0.25) is 0 Å². The van der Waals surface area contributed by atoms with Crippen LogP contribution >= 0.6 is 0 Å². The largest absolute Gasteiger partial charge is 0.497 e. The predicted molar refractivity (Wildman–Crippen MR) is 40.7 cm³/mol. The zero-order valence-corrected chi connectivity index (χ0v) is 6.44. The molecule has 0 aromatic heterocycles. The summed E-state index contributed by atoms with van der Waals surface area (Å²) < 4.78 is 4.96. The summed E-state index contributed by atoms with van der Waals surface area (Å²) >= 11 is 0. The number of carbonyl (C=O) groups is 1. The van der Waals surface area contributed by atoms with E-state index in [1.54, 1.807) is 25.3 Å². The standard InChI is InChI=1S/C8H6N2O2/c1-12-5-2-3-6-7(4-5)10-8(11)9-6/h2-4H,1H3. The first kappa shape index (κ1) is 6.97. The molecule has 1 aromatic rings. The van der Waals surface area contributed by atoms with Gasteiger partial charge in [-0.3, -0.25) is 0 Å². The van der Waals surface area contributed by atoms with Gasteiger partial charge in [-0.15, -0.1) is 0 Å². The Kier molecular flexibility index (Phi) is 1.40. The molecule has 60 valence electrons. The molecule has 0 unspecified atom stereocenters. The van der Waals surface area contributed by atoms with Crippen molar-refractivity contribution in [2.45, 2.75) is 0 Å². The fraction of sp³-hybridized carbons (Fsp3) is 0.125. The molecule has 12 heavy (non-hydrogen) atoms. The van der Waals surface area contributed by atoms with E-state index in [9.17, 15) is 4.79 Å². The Morgan fingerprint density at radius 3 is 2.75 bits per heavy atom. The third-order valence-corrected chi connectivity index (χ3v) is 1.61. The number of carbonyl (C=O) groups excluding carboxylic acids is 1. The maximum Gasteiger partial charge on any atom is 0.368 e. The van der Waals surface area contributed by atoms with E-state index in [0.29, 0.717) is 16.5 Å². The summed E-state index contributed by atoms with van der Waals surface area (Å²) in [6, 6.07) is 4.70. The van der Waals surface area contributed by atoms with Crippen molar-refractivity contribution in [3.63, 3.8) is 0 Å². The molecule has 4 heteroatoms. The second kappa shape index (κ2) is 2.41. The molecule has 2 amide bonds. The number of fused-ring (bicyclic) bond motifs is 1. The monoisotopic (exact) mass is 162 g/mol. The van der Waals surface area contributed by atoms with Crippen molar-refractivity contribution in [3.8, 4) is 5.75 Å². The van der Waals surface area contributed by atoms with Crippen molar-refractivity contribution in [1.29, 1.82) is 0 Å². The third-order valence-electron chi connectivity index (χ3n) is 1.61. The van der Waals surface area contributed by atoms with Crippen LogP contribution in [0.1, 0.15) is 0 Å². The summed E-state index contributed by atoms with van der Waals surface area (Å²) in [6.07, 6.45) is 0. The number of rotatable bonds is 1. The molecule has 1 aliphatic rings. The Morgan fingerprint density at radius 1 is 1.25 bits per heavy atom. The van der Waals surface area contributed by atoms with Crippen LogP contribution in [0.2, 0.25) is 0 Å². The molecule has 0 bridgehead atoms. The van der Waals surface area contributed by atoms with E-state index in [2.05, 4.69) is 9.98 Å². The number of urea groups is 1. The second-order valence-corrected chi connectivity index (χ2v) is 2.36. The van der Waals surface area contributed by atoms with E-state index in [0.717, 1.165) is 0 Å². The average Bonchev–Trinajstić information content (AvgIpc) is 2.43. The minimum atomic E-state index is -0.446. The molecule has 0 spiro atoms. The molecule has 0 saturated heterocycles. The number of ether oxygens (including phenoxy) is 1. The average molecular weight is 162 g/mol. The van der Waals surface area contributed by atoms with Crippen LogP contribution in [-0.4, -0.2) is 13.1 Å². The first-order chi connectivity index (χ1) is 5.79. The highest BCUT2D eigenvalue weighted by atomic mass is 16.5.